The van der Waals surface area contributed by atoms with Gasteiger partial charge in [-0.2, -0.15) is 0 Å². The summed E-state index contributed by atoms with van der Waals surface area (Å²) in [4.78, 5) is 7.20. The van der Waals surface area contributed by atoms with Crippen LogP contribution in [0.1, 0.15) is 0 Å². The second-order valence-electron chi connectivity index (χ2n) is 2.43. The average molecular weight is 187 g/mol. The van der Waals surface area contributed by atoms with E-state index in [4.69, 9.17) is 0 Å². The molecule has 0 aliphatic heterocycles. The van der Waals surface area contributed by atoms with Gasteiger partial charge in [0.1, 0.15) is 6.33 Å². The van der Waals surface area contributed by atoms with Gasteiger partial charge in [-0.25, -0.2) is 14.5 Å². The van der Waals surface area contributed by atoms with Crippen LogP contribution in [0, 0.1) is 0 Å². The van der Waals surface area contributed by atoms with Crippen molar-refractivity contribution in [1.82, 2.24) is 14.5 Å². The Balaban J connectivity index is 2.72. The molecule has 0 amide bonds. The van der Waals surface area contributed by atoms with Crippen molar-refractivity contribution >= 4 is 11.2 Å². The monoisotopic (exact) mass is 187 g/mol. The Morgan fingerprint density at radius 2 is 2.00 bits per heavy atom. The van der Waals surface area contributed by atoms with Crippen LogP contribution in [0.2, 0.25) is 0 Å². The number of hydrogen-bond acceptors (Lipinski definition) is 2. The summed E-state index contributed by atoms with van der Waals surface area (Å²) >= 11 is 0. The standard InChI is InChI=1S/C7H4F3N3/c8-7(9,10)13-4-12-6-5(13)2-1-3-11-6/h1-4H. The Morgan fingerprint density at radius 3 is 2.69 bits per heavy atom. The fourth-order valence-electron chi connectivity index (χ4n) is 1.05. The van der Waals surface area contributed by atoms with Crippen molar-refractivity contribution in [2.75, 3.05) is 0 Å². The van der Waals surface area contributed by atoms with Gasteiger partial charge in [0.15, 0.2) is 5.65 Å². The first-order valence-corrected chi connectivity index (χ1v) is 3.44. The van der Waals surface area contributed by atoms with Gasteiger partial charge in [0.2, 0.25) is 0 Å². The number of hydrogen-bond donors (Lipinski definition) is 0. The lowest BCUT2D eigenvalue weighted by molar-refractivity contribution is -0.201. The molecule has 2 aromatic heterocycles. The summed E-state index contributed by atoms with van der Waals surface area (Å²) in [5, 5.41) is 0. The number of nitrogens with zero attached hydrogens (tertiary/aromatic N) is 3. The third-order valence-corrected chi connectivity index (χ3v) is 1.59. The number of alkyl halides is 3. The zero-order chi connectivity index (χ0) is 9.47. The lowest BCUT2D eigenvalue weighted by Crippen LogP contribution is -2.14. The normalized spacial score (nSPS) is 12.2. The van der Waals surface area contributed by atoms with E-state index in [1.807, 2.05) is 0 Å². The van der Waals surface area contributed by atoms with Gasteiger partial charge in [-0.1, -0.05) is 0 Å². The molecule has 0 aliphatic carbocycles. The maximum Gasteiger partial charge on any atom is 0.490 e. The van der Waals surface area contributed by atoms with Crippen molar-refractivity contribution in [3.05, 3.63) is 24.7 Å². The second kappa shape index (κ2) is 2.45. The Labute approximate surface area is 70.8 Å². The summed E-state index contributed by atoms with van der Waals surface area (Å²) in [6.07, 6.45) is -2.31. The summed E-state index contributed by atoms with van der Waals surface area (Å²) in [5.41, 5.74) is 0.0647. The molecule has 0 radical (unpaired) electrons. The van der Waals surface area contributed by atoms with Crippen molar-refractivity contribution < 1.29 is 13.2 Å². The number of rotatable bonds is 0. The number of imidazole rings is 1. The van der Waals surface area contributed by atoms with E-state index in [-0.39, 0.29) is 15.7 Å². The Hall–Kier alpha value is -1.59. The number of halogens is 3. The van der Waals surface area contributed by atoms with E-state index in [0.29, 0.717) is 0 Å². The first kappa shape index (κ1) is 8.03. The summed E-state index contributed by atoms with van der Waals surface area (Å²) in [5.74, 6) is 0. The van der Waals surface area contributed by atoms with Crippen molar-refractivity contribution in [2.45, 2.75) is 6.30 Å². The molecule has 0 bridgehead atoms. The number of pyridine rings is 1. The largest absolute Gasteiger partial charge is 0.490 e. The quantitative estimate of drug-likeness (QED) is 0.630. The van der Waals surface area contributed by atoms with Crippen molar-refractivity contribution in [2.24, 2.45) is 0 Å². The van der Waals surface area contributed by atoms with Crippen LogP contribution in [-0.2, 0) is 6.30 Å². The number of fused-ring (bicyclic) bond motifs is 1. The zero-order valence-corrected chi connectivity index (χ0v) is 6.28. The van der Waals surface area contributed by atoms with Gasteiger partial charge in [-0.3, -0.25) is 0 Å². The van der Waals surface area contributed by atoms with Gasteiger partial charge < -0.3 is 0 Å². The molecule has 0 spiro atoms. The third-order valence-electron chi connectivity index (χ3n) is 1.59. The van der Waals surface area contributed by atoms with Crippen molar-refractivity contribution in [1.29, 1.82) is 0 Å². The van der Waals surface area contributed by atoms with E-state index >= 15 is 0 Å². The highest BCUT2D eigenvalue weighted by Crippen LogP contribution is 2.25. The van der Waals surface area contributed by atoms with E-state index in [0.717, 1.165) is 6.33 Å². The minimum atomic E-state index is -4.43. The van der Waals surface area contributed by atoms with Gasteiger partial charge in [-0.05, 0) is 12.1 Å². The lowest BCUT2D eigenvalue weighted by Gasteiger charge is -2.06. The van der Waals surface area contributed by atoms with Crippen LogP contribution < -0.4 is 0 Å². The topological polar surface area (TPSA) is 30.7 Å². The highest BCUT2D eigenvalue weighted by atomic mass is 19.4. The van der Waals surface area contributed by atoms with Crippen LogP contribution in [0.4, 0.5) is 13.2 Å². The van der Waals surface area contributed by atoms with Crippen LogP contribution in [0.15, 0.2) is 24.7 Å². The molecule has 0 fully saturated rings. The molecule has 0 aromatic carbocycles. The maximum atomic E-state index is 12.2. The molecule has 6 heteroatoms. The van der Waals surface area contributed by atoms with Gasteiger partial charge in [0.05, 0.1) is 5.52 Å². The molecule has 2 aromatic rings. The minimum absolute atomic E-state index is 0.0324. The average Bonchev–Trinajstić information content (AvgIpc) is 2.45. The highest BCUT2D eigenvalue weighted by Gasteiger charge is 2.32. The predicted octanol–water partition coefficient (Wildman–Crippen LogP) is 1.91. The summed E-state index contributed by atoms with van der Waals surface area (Å²) in [6, 6.07) is 2.76. The fourth-order valence-corrected chi connectivity index (χ4v) is 1.05. The molecule has 13 heavy (non-hydrogen) atoms. The van der Waals surface area contributed by atoms with E-state index in [9.17, 15) is 13.2 Å². The second-order valence-corrected chi connectivity index (χ2v) is 2.43. The van der Waals surface area contributed by atoms with Crippen molar-refractivity contribution in [3.63, 3.8) is 0 Å². The SMILES string of the molecule is FC(F)(F)n1cnc2ncccc21. The van der Waals surface area contributed by atoms with E-state index in [1.54, 1.807) is 0 Å². The number of aromatic nitrogens is 3. The van der Waals surface area contributed by atoms with E-state index in [1.165, 1.54) is 18.3 Å². The zero-order valence-electron chi connectivity index (χ0n) is 6.28. The molecule has 68 valence electrons. The molecule has 0 atom stereocenters. The first-order chi connectivity index (χ1) is 6.09. The van der Waals surface area contributed by atoms with Gasteiger partial charge in [-0.15, -0.1) is 13.2 Å². The van der Waals surface area contributed by atoms with E-state index in [2.05, 4.69) is 9.97 Å². The van der Waals surface area contributed by atoms with Gasteiger partial charge >= 0.3 is 6.30 Å². The fraction of sp³-hybridized carbons (Fsp3) is 0.143. The molecule has 0 saturated heterocycles. The van der Waals surface area contributed by atoms with Crippen molar-refractivity contribution in [3.8, 4) is 0 Å². The van der Waals surface area contributed by atoms with Crippen LogP contribution in [0.25, 0.3) is 11.2 Å². The van der Waals surface area contributed by atoms with E-state index < -0.39 is 6.30 Å². The predicted molar refractivity (Wildman–Crippen MR) is 38.8 cm³/mol. The third kappa shape index (κ3) is 1.24. The smallest absolute Gasteiger partial charge is 0.239 e. The first-order valence-electron chi connectivity index (χ1n) is 3.44. The lowest BCUT2D eigenvalue weighted by atomic mass is 10.4. The summed E-state index contributed by atoms with van der Waals surface area (Å²) in [7, 11) is 0. The molecule has 0 saturated carbocycles. The molecule has 0 unspecified atom stereocenters. The van der Waals surface area contributed by atoms with Crippen LogP contribution >= 0.6 is 0 Å². The molecule has 3 nitrogen and oxygen atoms in total. The molecule has 0 aliphatic rings. The molecule has 0 N–H and O–H groups in total. The Morgan fingerprint density at radius 1 is 1.23 bits per heavy atom. The molecule has 2 rings (SSSR count). The Kier molecular flexibility index (Phi) is 1.51. The molecular formula is C7H4F3N3. The van der Waals surface area contributed by atoms with Crippen LogP contribution in [0.5, 0.6) is 0 Å². The Bertz CT molecular complexity index is 432. The van der Waals surface area contributed by atoms with Crippen LogP contribution in [0.3, 0.4) is 0 Å². The van der Waals surface area contributed by atoms with Gasteiger partial charge in [0.25, 0.3) is 0 Å². The van der Waals surface area contributed by atoms with Gasteiger partial charge in [0, 0.05) is 6.20 Å². The van der Waals surface area contributed by atoms with Crippen LogP contribution in [-0.4, -0.2) is 14.5 Å². The molecule has 2 heterocycles. The minimum Gasteiger partial charge on any atom is -0.239 e. The summed E-state index contributed by atoms with van der Waals surface area (Å²) < 4.78 is 36.9. The highest BCUT2D eigenvalue weighted by molar-refractivity contribution is 5.70. The summed E-state index contributed by atoms with van der Waals surface area (Å²) in [6.45, 7) is 0. The maximum absolute atomic E-state index is 12.2. The molecular weight excluding hydrogens is 183 g/mol.